The second kappa shape index (κ2) is 6.35. The van der Waals surface area contributed by atoms with Gasteiger partial charge in [-0.1, -0.05) is 24.3 Å². The maximum atomic E-state index is 12.1. The molecule has 0 spiro atoms. The van der Waals surface area contributed by atoms with Crippen molar-refractivity contribution in [1.29, 1.82) is 0 Å². The van der Waals surface area contributed by atoms with Crippen LogP contribution < -0.4 is 9.47 Å². The van der Waals surface area contributed by atoms with Crippen molar-refractivity contribution in [2.45, 2.75) is 12.7 Å². The van der Waals surface area contributed by atoms with Crippen LogP contribution >= 0.6 is 0 Å². The molecule has 0 radical (unpaired) electrons. The highest BCUT2D eigenvalue weighted by molar-refractivity contribution is 5.76. The topological polar surface area (TPSA) is 87.9 Å². The summed E-state index contributed by atoms with van der Waals surface area (Å²) >= 11 is 0. The smallest absolute Gasteiger partial charge is 0.351 e. The van der Waals surface area contributed by atoms with Gasteiger partial charge >= 0.3 is 5.97 Å². The number of nitro benzene ring substituents is 1. The van der Waals surface area contributed by atoms with E-state index in [0.717, 1.165) is 0 Å². The first-order chi connectivity index (χ1) is 11.1. The van der Waals surface area contributed by atoms with Crippen LogP contribution in [-0.4, -0.2) is 23.6 Å². The van der Waals surface area contributed by atoms with E-state index < -0.39 is 17.0 Å². The number of esters is 1. The zero-order valence-electron chi connectivity index (χ0n) is 12.0. The monoisotopic (exact) mass is 315 g/mol. The molecule has 0 N–H and O–H groups in total. The number of nitrogens with zero attached hydrogens (tertiary/aromatic N) is 1. The third-order valence-electron chi connectivity index (χ3n) is 3.33. The minimum atomic E-state index is -0.896. The number of hydrogen-bond donors (Lipinski definition) is 0. The van der Waals surface area contributed by atoms with Crippen molar-refractivity contribution < 1.29 is 23.9 Å². The third-order valence-corrected chi connectivity index (χ3v) is 3.33. The van der Waals surface area contributed by atoms with E-state index in [4.69, 9.17) is 14.2 Å². The number of hydrogen-bond acceptors (Lipinski definition) is 6. The molecule has 1 aliphatic rings. The van der Waals surface area contributed by atoms with Crippen molar-refractivity contribution >= 4 is 11.7 Å². The van der Waals surface area contributed by atoms with Gasteiger partial charge in [0.05, 0.1) is 10.5 Å². The summed E-state index contributed by atoms with van der Waals surface area (Å²) in [6, 6.07) is 13.1. The molecule has 0 aliphatic carbocycles. The van der Waals surface area contributed by atoms with E-state index >= 15 is 0 Å². The van der Waals surface area contributed by atoms with E-state index in [1.807, 2.05) is 0 Å². The number of ether oxygens (including phenoxy) is 3. The van der Waals surface area contributed by atoms with Gasteiger partial charge < -0.3 is 14.2 Å². The number of nitro groups is 1. The predicted molar refractivity (Wildman–Crippen MR) is 79.2 cm³/mol. The summed E-state index contributed by atoms with van der Waals surface area (Å²) in [5.41, 5.74) is 0.231. The molecule has 7 heteroatoms. The van der Waals surface area contributed by atoms with Gasteiger partial charge in [0, 0.05) is 6.07 Å². The Hall–Kier alpha value is -3.09. The van der Waals surface area contributed by atoms with Crippen LogP contribution in [0.3, 0.4) is 0 Å². The molecule has 2 aromatic rings. The summed E-state index contributed by atoms with van der Waals surface area (Å²) in [5.74, 6) is 0.402. The number of benzene rings is 2. The Kier molecular flexibility index (Phi) is 4.09. The van der Waals surface area contributed by atoms with E-state index in [-0.39, 0.29) is 18.9 Å². The molecule has 1 heterocycles. The highest BCUT2D eigenvalue weighted by Crippen LogP contribution is 2.31. The van der Waals surface area contributed by atoms with Gasteiger partial charge in [-0.15, -0.1) is 0 Å². The van der Waals surface area contributed by atoms with Crippen LogP contribution in [0.15, 0.2) is 48.5 Å². The van der Waals surface area contributed by atoms with Crippen molar-refractivity contribution in [3.8, 4) is 11.5 Å². The van der Waals surface area contributed by atoms with Crippen molar-refractivity contribution in [1.82, 2.24) is 0 Å². The van der Waals surface area contributed by atoms with Gasteiger partial charge in [0.1, 0.15) is 13.2 Å². The standard InChI is InChI=1S/C16H13NO6/c18-16(15-10-21-13-7-3-4-8-14(13)23-15)22-9-11-5-1-2-6-12(11)17(19)20/h1-8,15H,9-10H2/t15-/m0/s1. The maximum absolute atomic E-state index is 12.1. The summed E-state index contributed by atoms with van der Waals surface area (Å²) in [5, 5.41) is 10.9. The van der Waals surface area contributed by atoms with Crippen molar-refractivity contribution in [3.63, 3.8) is 0 Å². The van der Waals surface area contributed by atoms with Crippen molar-refractivity contribution in [2.24, 2.45) is 0 Å². The van der Waals surface area contributed by atoms with Crippen LogP contribution in [-0.2, 0) is 16.1 Å². The average molecular weight is 315 g/mol. The first-order valence-corrected chi connectivity index (χ1v) is 6.92. The molecule has 0 amide bonds. The Morgan fingerprint density at radius 3 is 2.65 bits per heavy atom. The number of carbonyl (C=O) groups excluding carboxylic acids is 1. The van der Waals surface area contributed by atoms with Crippen LogP contribution in [0.4, 0.5) is 5.69 Å². The van der Waals surface area contributed by atoms with Gasteiger partial charge in [-0.3, -0.25) is 10.1 Å². The number of rotatable bonds is 4. The summed E-state index contributed by atoms with van der Waals surface area (Å²) in [4.78, 5) is 22.5. The number of para-hydroxylation sites is 3. The molecule has 3 rings (SSSR count). The molecule has 2 aromatic carbocycles. The van der Waals surface area contributed by atoms with E-state index in [2.05, 4.69) is 0 Å². The molecular weight excluding hydrogens is 302 g/mol. The predicted octanol–water partition coefficient (Wildman–Crippen LogP) is 2.48. The first kappa shape index (κ1) is 14.8. The van der Waals surface area contributed by atoms with Gasteiger partial charge in [-0.05, 0) is 18.2 Å². The fourth-order valence-electron chi connectivity index (χ4n) is 2.19. The molecule has 7 nitrogen and oxygen atoms in total. The average Bonchev–Trinajstić information content (AvgIpc) is 2.59. The summed E-state index contributed by atoms with van der Waals surface area (Å²) < 4.78 is 16.1. The molecule has 1 atom stereocenters. The van der Waals surface area contributed by atoms with Crippen LogP contribution in [0.1, 0.15) is 5.56 Å². The minimum absolute atomic E-state index is 0.0345. The zero-order chi connectivity index (χ0) is 16.2. The maximum Gasteiger partial charge on any atom is 0.351 e. The Balaban J connectivity index is 1.64. The van der Waals surface area contributed by atoms with Crippen LogP contribution in [0.2, 0.25) is 0 Å². The molecule has 118 valence electrons. The first-order valence-electron chi connectivity index (χ1n) is 6.92. The molecule has 0 saturated heterocycles. The molecule has 0 unspecified atom stereocenters. The van der Waals surface area contributed by atoms with Gasteiger partial charge in [0.15, 0.2) is 11.5 Å². The second-order valence-electron chi connectivity index (χ2n) is 4.86. The number of carbonyl (C=O) groups is 1. The van der Waals surface area contributed by atoms with Crippen molar-refractivity contribution in [3.05, 3.63) is 64.2 Å². The highest BCUT2D eigenvalue weighted by Gasteiger charge is 2.29. The molecule has 1 aliphatic heterocycles. The largest absolute Gasteiger partial charge is 0.485 e. The van der Waals surface area contributed by atoms with Crippen LogP contribution in [0.5, 0.6) is 11.5 Å². The van der Waals surface area contributed by atoms with Gasteiger partial charge in [0.2, 0.25) is 6.10 Å². The molecular formula is C16H13NO6. The van der Waals surface area contributed by atoms with E-state index in [0.29, 0.717) is 17.1 Å². The van der Waals surface area contributed by atoms with E-state index in [9.17, 15) is 14.9 Å². The normalized spacial score (nSPS) is 15.7. The van der Waals surface area contributed by atoms with E-state index in [1.165, 1.54) is 6.07 Å². The highest BCUT2D eigenvalue weighted by atomic mass is 16.6. The lowest BCUT2D eigenvalue weighted by molar-refractivity contribution is -0.385. The molecule has 0 saturated carbocycles. The Morgan fingerprint density at radius 2 is 1.87 bits per heavy atom. The van der Waals surface area contributed by atoms with Crippen LogP contribution in [0, 0.1) is 10.1 Å². The summed E-state index contributed by atoms with van der Waals surface area (Å²) in [6.07, 6.45) is -0.896. The Bertz CT molecular complexity index is 745. The van der Waals surface area contributed by atoms with Gasteiger partial charge in [-0.2, -0.15) is 0 Å². The van der Waals surface area contributed by atoms with E-state index in [1.54, 1.807) is 42.5 Å². The molecule has 0 aromatic heterocycles. The lowest BCUT2D eigenvalue weighted by Gasteiger charge is -2.24. The Labute approximate surface area is 131 Å². The molecule has 0 fully saturated rings. The van der Waals surface area contributed by atoms with Crippen molar-refractivity contribution in [2.75, 3.05) is 6.61 Å². The summed E-state index contributed by atoms with van der Waals surface area (Å²) in [7, 11) is 0. The second-order valence-corrected chi connectivity index (χ2v) is 4.86. The molecule has 23 heavy (non-hydrogen) atoms. The fourth-order valence-corrected chi connectivity index (χ4v) is 2.19. The van der Waals surface area contributed by atoms with Gasteiger partial charge in [0.25, 0.3) is 5.69 Å². The van der Waals surface area contributed by atoms with Crippen LogP contribution in [0.25, 0.3) is 0 Å². The SMILES string of the molecule is O=C(OCc1ccccc1[N+](=O)[O-])[C@@H]1COc2ccccc2O1. The lowest BCUT2D eigenvalue weighted by Crippen LogP contribution is -2.37. The Morgan fingerprint density at radius 1 is 1.17 bits per heavy atom. The molecule has 0 bridgehead atoms. The zero-order valence-corrected chi connectivity index (χ0v) is 12.0. The third kappa shape index (κ3) is 3.23. The lowest BCUT2D eigenvalue weighted by atomic mass is 10.2. The fraction of sp³-hybridized carbons (Fsp3) is 0.188. The number of fused-ring (bicyclic) bond motifs is 1. The van der Waals surface area contributed by atoms with Gasteiger partial charge in [-0.25, -0.2) is 4.79 Å². The summed E-state index contributed by atoms with van der Waals surface area (Å²) in [6.45, 7) is -0.162. The minimum Gasteiger partial charge on any atom is -0.485 e. The quantitative estimate of drug-likeness (QED) is 0.489.